The molecule has 1 aromatic carbocycles. The normalized spacial score (nSPS) is 12.2. The van der Waals surface area contributed by atoms with Crippen molar-refractivity contribution in [2.75, 3.05) is 13.2 Å². The summed E-state index contributed by atoms with van der Waals surface area (Å²) in [5.41, 5.74) is 0.705. The van der Waals surface area contributed by atoms with Crippen LogP contribution >= 0.6 is 31.1 Å². The van der Waals surface area contributed by atoms with Crippen molar-refractivity contribution in [3.05, 3.63) is 35.9 Å². The zero-order valence-corrected chi connectivity index (χ0v) is 20.3. The first kappa shape index (κ1) is 26.8. The summed E-state index contributed by atoms with van der Waals surface area (Å²) < 4.78 is 21.0. The monoisotopic (exact) mass is 479 g/mol. The van der Waals surface area contributed by atoms with Gasteiger partial charge in [-0.2, -0.15) is 0 Å². The van der Waals surface area contributed by atoms with Crippen molar-refractivity contribution >= 4 is 43.2 Å². The standard InChI is InChI=1S/C19H30NO7PS2/c1-6-26-17(21)12-20(18(22)27-13-16-10-8-7-9-11-16)19(28(23,24)25,29-14(2)3)30-15(4)5/h7-11,14-15H,6,12-13H2,1-5H3,(H2,23,24,25). The lowest BCUT2D eigenvalue weighted by atomic mass is 10.2. The molecule has 1 aromatic rings. The summed E-state index contributed by atoms with van der Waals surface area (Å²) in [5, 5.41) is -0.508. The maximum Gasteiger partial charge on any atom is 0.412 e. The largest absolute Gasteiger partial charge is 0.465 e. The van der Waals surface area contributed by atoms with Crippen LogP contribution in [0.25, 0.3) is 0 Å². The molecule has 0 radical (unpaired) electrons. The van der Waals surface area contributed by atoms with E-state index in [2.05, 4.69) is 0 Å². The van der Waals surface area contributed by atoms with Crippen LogP contribution in [0.5, 0.6) is 0 Å². The van der Waals surface area contributed by atoms with E-state index in [9.17, 15) is 23.9 Å². The van der Waals surface area contributed by atoms with E-state index in [4.69, 9.17) is 9.47 Å². The number of amides is 1. The average Bonchev–Trinajstić information content (AvgIpc) is 2.63. The number of hydrogen-bond acceptors (Lipinski definition) is 7. The molecule has 2 N–H and O–H groups in total. The molecule has 0 aliphatic heterocycles. The van der Waals surface area contributed by atoms with E-state index in [0.29, 0.717) is 5.56 Å². The molecule has 0 saturated heterocycles. The van der Waals surface area contributed by atoms with Gasteiger partial charge in [-0.15, -0.1) is 23.5 Å². The molecule has 0 unspecified atom stereocenters. The Kier molecular flexibility index (Phi) is 10.7. The second kappa shape index (κ2) is 12.0. The van der Waals surface area contributed by atoms with Crippen LogP contribution in [0, 0.1) is 0 Å². The molecule has 1 amide bonds. The summed E-state index contributed by atoms with van der Waals surface area (Å²) >= 11 is 1.84. The van der Waals surface area contributed by atoms with Gasteiger partial charge in [0.25, 0.3) is 0 Å². The number of carbonyl (C=O) groups excluding carboxylic acids is 2. The molecule has 11 heteroatoms. The van der Waals surface area contributed by atoms with Gasteiger partial charge in [0.2, 0.25) is 3.94 Å². The van der Waals surface area contributed by atoms with Crippen molar-refractivity contribution in [3.63, 3.8) is 0 Å². The Morgan fingerprint density at radius 1 is 1.07 bits per heavy atom. The molecule has 0 fully saturated rings. The van der Waals surface area contributed by atoms with E-state index >= 15 is 0 Å². The third-order valence-electron chi connectivity index (χ3n) is 3.51. The van der Waals surface area contributed by atoms with Gasteiger partial charge in [0.1, 0.15) is 13.2 Å². The second-order valence-electron chi connectivity index (χ2n) is 6.86. The number of ether oxygens (including phenoxy) is 2. The van der Waals surface area contributed by atoms with Gasteiger partial charge in [-0.3, -0.25) is 14.3 Å². The van der Waals surface area contributed by atoms with Crippen molar-refractivity contribution in [1.82, 2.24) is 4.90 Å². The average molecular weight is 480 g/mol. The Morgan fingerprint density at radius 3 is 2.03 bits per heavy atom. The molecule has 0 aliphatic rings. The van der Waals surface area contributed by atoms with Crippen molar-refractivity contribution in [3.8, 4) is 0 Å². The smallest absolute Gasteiger partial charge is 0.412 e. The summed E-state index contributed by atoms with van der Waals surface area (Å²) in [6, 6.07) is 8.89. The molecular formula is C19H30NO7PS2. The highest BCUT2D eigenvalue weighted by atomic mass is 32.2. The Labute approximate surface area is 186 Å². The van der Waals surface area contributed by atoms with Crippen molar-refractivity contribution in [2.24, 2.45) is 0 Å². The lowest BCUT2D eigenvalue weighted by Crippen LogP contribution is -2.51. The number of thioether (sulfide) groups is 2. The minimum Gasteiger partial charge on any atom is -0.465 e. The third kappa shape index (κ3) is 7.81. The van der Waals surface area contributed by atoms with E-state index in [1.807, 2.05) is 6.07 Å². The van der Waals surface area contributed by atoms with Crippen LogP contribution in [-0.4, -0.2) is 54.3 Å². The summed E-state index contributed by atoms with van der Waals surface area (Å²) in [7, 11) is -4.95. The Bertz CT molecular complexity index is 730. The fourth-order valence-corrected chi connectivity index (χ4v) is 8.44. The number of esters is 1. The van der Waals surface area contributed by atoms with Gasteiger partial charge < -0.3 is 19.3 Å². The van der Waals surface area contributed by atoms with Gasteiger partial charge in [0, 0.05) is 10.5 Å². The van der Waals surface area contributed by atoms with Crippen LogP contribution in [0.3, 0.4) is 0 Å². The van der Waals surface area contributed by atoms with Gasteiger partial charge in [-0.05, 0) is 12.5 Å². The van der Waals surface area contributed by atoms with Crippen LogP contribution in [0.15, 0.2) is 30.3 Å². The molecule has 0 aliphatic carbocycles. The van der Waals surface area contributed by atoms with Crippen LogP contribution in [0.4, 0.5) is 4.79 Å². The zero-order valence-electron chi connectivity index (χ0n) is 17.8. The van der Waals surface area contributed by atoms with E-state index in [-0.39, 0.29) is 23.7 Å². The maximum atomic E-state index is 13.0. The quantitative estimate of drug-likeness (QED) is 0.273. The maximum absolute atomic E-state index is 13.0. The highest BCUT2D eigenvalue weighted by Gasteiger charge is 2.57. The second-order valence-corrected chi connectivity index (χ2v) is 13.0. The Morgan fingerprint density at radius 2 is 1.60 bits per heavy atom. The summed E-state index contributed by atoms with van der Waals surface area (Å²) in [6.07, 6.45) is -1.00. The van der Waals surface area contributed by atoms with Crippen LogP contribution < -0.4 is 0 Å². The number of hydrogen-bond donors (Lipinski definition) is 2. The number of nitrogens with zero attached hydrogens (tertiary/aromatic N) is 1. The molecule has 0 heterocycles. The van der Waals surface area contributed by atoms with Crippen LogP contribution in [-0.2, 0) is 25.4 Å². The minimum atomic E-state index is -4.95. The summed E-state index contributed by atoms with van der Waals surface area (Å²) in [4.78, 5) is 46.8. The van der Waals surface area contributed by atoms with E-state index in [1.165, 1.54) is 0 Å². The summed E-state index contributed by atoms with van der Waals surface area (Å²) in [6.45, 7) is 7.96. The van der Waals surface area contributed by atoms with E-state index in [0.717, 1.165) is 28.4 Å². The SMILES string of the molecule is CCOC(=O)CN(C(=O)OCc1ccccc1)C(SC(C)C)(SC(C)C)P(=O)(O)O. The zero-order chi connectivity index (χ0) is 22.9. The highest BCUT2D eigenvalue weighted by molar-refractivity contribution is 8.25. The van der Waals surface area contributed by atoms with Crippen LogP contribution in [0.1, 0.15) is 40.2 Å². The molecular weight excluding hydrogens is 449 g/mol. The van der Waals surface area contributed by atoms with Gasteiger partial charge >= 0.3 is 19.7 Å². The Hall–Kier alpha value is -1.19. The van der Waals surface area contributed by atoms with Gasteiger partial charge in [0.15, 0.2) is 0 Å². The number of benzene rings is 1. The van der Waals surface area contributed by atoms with E-state index < -0.39 is 30.1 Å². The predicted molar refractivity (Wildman–Crippen MR) is 120 cm³/mol. The van der Waals surface area contributed by atoms with Gasteiger partial charge in [-0.1, -0.05) is 58.0 Å². The number of carbonyl (C=O) groups is 2. The summed E-state index contributed by atoms with van der Waals surface area (Å²) in [5.74, 6) is -0.777. The number of rotatable bonds is 11. The van der Waals surface area contributed by atoms with Crippen molar-refractivity contribution in [1.29, 1.82) is 0 Å². The molecule has 1 rings (SSSR count). The molecule has 0 atom stereocenters. The molecule has 0 bridgehead atoms. The first-order valence-electron chi connectivity index (χ1n) is 9.48. The van der Waals surface area contributed by atoms with Gasteiger partial charge in [-0.25, -0.2) is 4.79 Å². The third-order valence-corrected chi connectivity index (χ3v) is 9.12. The topological polar surface area (TPSA) is 113 Å². The molecule has 0 aromatic heterocycles. The minimum absolute atomic E-state index is 0.0727. The molecule has 0 saturated carbocycles. The molecule has 0 spiro atoms. The first-order valence-corrected chi connectivity index (χ1v) is 12.8. The highest BCUT2D eigenvalue weighted by Crippen LogP contribution is 2.66. The molecule has 170 valence electrons. The fraction of sp³-hybridized carbons (Fsp3) is 0.579. The van der Waals surface area contributed by atoms with Gasteiger partial charge in [0.05, 0.1) is 6.61 Å². The van der Waals surface area contributed by atoms with Crippen LogP contribution in [0.2, 0.25) is 0 Å². The van der Waals surface area contributed by atoms with Crippen molar-refractivity contribution in [2.45, 2.75) is 55.7 Å². The van der Waals surface area contributed by atoms with E-state index in [1.54, 1.807) is 58.9 Å². The fourth-order valence-electron chi connectivity index (χ4n) is 2.48. The molecule has 8 nitrogen and oxygen atoms in total. The lowest BCUT2D eigenvalue weighted by Gasteiger charge is -2.43. The Balaban J connectivity index is 3.37. The first-order chi connectivity index (χ1) is 13.9. The predicted octanol–water partition coefficient (Wildman–Crippen LogP) is 4.26. The molecule has 30 heavy (non-hydrogen) atoms. The lowest BCUT2D eigenvalue weighted by molar-refractivity contribution is -0.144. The van der Waals surface area contributed by atoms with Crippen molar-refractivity contribution < 1.29 is 33.4 Å².